The largest absolute Gasteiger partial charge is 0.398 e. The standard InChI is InChI=1S/C15H20N4OS/c1-4-13-14(21-18-17-13)15(20)19(10(2)3)9-11-7-5-6-8-12(11)16/h5-8,10H,4,9,16H2,1-3H3. The van der Waals surface area contributed by atoms with Crippen molar-refractivity contribution in [3.8, 4) is 0 Å². The highest BCUT2D eigenvalue weighted by Gasteiger charge is 2.24. The van der Waals surface area contributed by atoms with Gasteiger partial charge in [-0.2, -0.15) is 0 Å². The van der Waals surface area contributed by atoms with Crippen molar-refractivity contribution in [3.05, 3.63) is 40.4 Å². The molecule has 1 aromatic carbocycles. The van der Waals surface area contributed by atoms with Crippen molar-refractivity contribution >= 4 is 23.1 Å². The molecule has 0 spiro atoms. The molecule has 6 heteroatoms. The van der Waals surface area contributed by atoms with Crippen LogP contribution >= 0.6 is 11.5 Å². The lowest BCUT2D eigenvalue weighted by atomic mass is 10.1. The lowest BCUT2D eigenvalue weighted by Crippen LogP contribution is -2.36. The van der Waals surface area contributed by atoms with Crippen LogP contribution in [-0.2, 0) is 13.0 Å². The number of para-hydroxylation sites is 1. The van der Waals surface area contributed by atoms with Gasteiger partial charge >= 0.3 is 0 Å². The maximum absolute atomic E-state index is 12.8. The van der Waals surface area contributed by atoms with Crippen LogP contribution in [0.15, 0.2) is 24.3 Å². The van der Waals surface area contributed by atoms with Crippen molar-refractivity contribution in [1.82, 2.24) is 14.5 Å². The van der Waals surface area contributed by atoms with E-state index >= 15 is 0 Å². The monoisotopic (exact) mass is 304 g/mol. The molecule has 112 valence electrons. The molecule has 2 rings (SSSR count). The van der Waals surface area contributed by atoms with Gasteiger partial charge in [-0.1, -0.05) is 29.6 Å². The average Bonchev–Trinajstić information content (AvgIpc) is 2.93. The minimum atomic E-state index is -0.0277. The third kappa shape index (κ3) is 3.39. The molecule has 0 fully saturated rings. The number of carbonyl (C=O) groups excluding carboxylic acids is 1. The molecule has 0 aliphatic rings. The average molecular weight is 304 g/mol. The smallest absolute Gasteiger partial charge is 0.268 e. The van der Waals surface area contributed by atoms with Gasteiger partial charge in [0.25, 0.3) is 5.91 Å². The first-order valence-corrected chi connectivity index (χ1v) is 7.77. The number of anilines is 1. The molecular formula is C15H20N4OS. The van der Waals surface area contributed by atoms with E-state index in [9.17, 15) is 4.79 Å². The number of hydrogen-bond donors (Lipinski definition) is 1. The molecule has 0 bridgehead atoms. The summed E-state index contributed by atoms with van der Waals surface area (Å²) in [5.74, 6) is -0.0277. The van der Waals surface area contributed by atoms with E-state index in [-0.39, 0.29) is 11.9 Å². The van der Waals surface area contributed by atoms with E-state index < -0.39 is 0 Å². The van der Waals surface area contributed by atoms with E-state index in [1.165, 1.54) is 0 Å². The van der Waals surface area contributed by atoms with Crippen LogP contribution in [0.2, 0.25) is 0 Å². The van der Waals surface area contributed by atoms with Crippen LogP contribution < -0.4 is 5.73 Å². The van der Waals surface area contributed by atoms with Gasteiger partial charge in [0.05, 0.1) is 5.69 Å². The van der Waals surface area contributed by atoms with Crippen LogP contribution in [0.4, 0.5) is 5.69 Å². The zero-order valence-electron chi connectivity index (χ0n) is 12.5. The van der Waals surface area contributed by atoms with Crippen LogP contribution in [0.5, 0.6) is 0 Å². The number of aryl methyl sites for hydroxylation is 1. The predicted octanol–water partition coefficient (Wildman–Crippen LogP) is 2.73. The van der Waals surface area contributed by atoms with Gasteiger partial charge in [-0.25, -0.2) is 0 Å². The minimum absolute atomic E-state index is 0.0277. The third-order valence-electron chi connectivity index (χ3n) is 3.36. The zero-order chi connectivity index (χ0) is 15.4. The van der Waals surface area contributed by atoms with Crippen LogP contribution in [0, 0.1) is 0 Å². The number of amides is 1. The van der Waals surface area contributed by atoms with Crippen molar-refractivity contribution in [3.63, 3.8) is 0 Å². The fourth-order valence-electron chi connectivity index (χ4n) is 2.08. The van der Waals surface area contributed by atoms with Crippen molar-refractivity contribution in [2.75, 3.05) is 5.73 Å². The van der Waals surface area contributed by atoms with E-state index in [0.717, 1.165) is 22.8 Å². The molecule has 0 saturated heterocycles. The highest BCUT2D eigenvalue weighted by molar-refractivity contribution is 7.08. The fourth-order valence-corrected chi connectivity index (χ4v) is 2.79. The summed E-state index contributed by atoms with van der Waals surface area (Å²) in [6.45, 7) is 6.46. The van der Waals surface area contributed by atoms with Crippen molar-refractivity contribution in [2.24, 2.45) is 0 Å². The number of rotatable bonds is 5. The lowest BCUT2D eigenvalue weighted by Gasteiger charge is -2.27. The van der Waals surface area contributed by atoms with Gasteiger partial charge in [0.2, 0.25) is 0 Å². The van der Waals surface area contributed by atoms with Gasteiger partial charge in [-0.3, -0.25) is 4.79 Å². The molecule has 0 atom stereocenters. The number of aromatic nitrogens is 2. The van der Waals surface area contributed by atoms with Crippen LogP contribution in [-0.4, -0.2) is 26.4 Å². The summed E-state index contributed by atoms with van der Waals surface area (Å²) in [7, 11) is 0. The molecule has 0 aliphatic heterocycles. The molecule has 1 amide bonds. The van der Waals surface area contributed by atoms with Crippen LogP contribution in [0.1, 0.15) is 41.7 Å². The molecule has 21 heavy (non-hydrogen) atoms. The SMILES string of the molecule is CCc1nnsc1C(=O)N(Cc1ccccc1N)C(C)C. The summed E-state index contributed by atoms with van der Waals surface area (Å²) in [5, 5.41) is 4.02. The van der Waals surface area contributed by atoms with Crippen molar-refractivity contribution in [2.45, 2.75) is 39.8 Å². The van der Waals surface area contributed by atoms with Gasteiger partial charge in [0, 0.05) is 18.3 Å². The summed E-state index contributed by atoms with van der Waals surface area (Å²) in [6, 6.07) is 7.69. The second-order valence-corrected chi connectivity index (χ2v) is 5.88. The molecular weight excluding hydrogens is 284 g/mol. The highest BCUT2D eigenvalue weighted by Crippen LogP contribution is 2.20. The molecule has 5 nitrogen and oxygen atoms in total. The van der Waals surface area contributed by atoms with Crippen molar-refractivity contribution in [1.29, 1.82) is 0 Å². The first kappa shape index (κ1) is 15.4. The number of carbonyl (C=O) groups is 1. The molecule has 0 radical (unpaired) electrons. The second-order valence-electron chi connectivity index (χ2n) is 5.13. The molecule has 0 saturated carbocycles. The van der Waals surface area contributed by atoms with Gasteiger partial charge in [-0.15, -0.1) is 5.10 Å². The normalized spacial score (nSPS) is 10.9. The molecule has 1 aromatic heterocycles. The molecule has 2 aromatic rings. The first-order valence-electron chi connectivity index (χ1n) is 7.00. The molecule has 0 unspecified atom stereocenters. The summed E-state index contributed by atoms with van der Waals surface area (Å²) < 4.78 is 3.90. The Morgan fingerprint density at radius 2 is 2.10 bits per heavy atom. The van der Waals surface area contributed by atoms with Crippen LogP contribution in [0.3, 0.4) is 0 Å². The van der Waals surface area contributed by atoms with E-state index in [2.05, 4.69) is 9.59 Å². The van der Waals surface area contributed by atoms with E-state index in [1.807, 2.05) is 45.0 Å². The van der Waals surface area contributed by atoms with E-state index in [4.69, 9.17) is 5.73 Å². The zero-order valence-corrected chi connectivity index (χ0v) is 13.4. The van der Waals surface area contributed by atoms with Gasteiger partial charge < -0.3 is 10.6 Å². The third-order valence-corrected chi connectivity index (χ3v) is 4.12. The number of nitrogen functional groups attached to an aromatic ring is 1. The Bertz CT molecular complexity index is 624. The van der Waals surface area contributed by atoms with Gasteiger partial charge in [0.15, 0.2) is 0 Å². The van der Waals surface area contributed by atoms with E-state index in [1.54, 1.807) is 4.90 Å². The maximum Gasteiger partial charge on any atom is 0.268 e. The molecule has 2 N–H and O–H groups in total. The Kier molecular flexibility index (Phi) is 4.90. The summed E-state index contributed by atoms with van der Waals surface area (Å²) in [4.78, 5) is 15.2. The Labute approximate surface area is 128 Å². The Balaban J connectivity index is 2.27. The molecule has 1 heterocycles. The Hall–Kier alpha value is -1.95. The Morgan fingerprint density at radius 1 is 1.38 bits per heavy atom. The lowest BCUT2D eigenvalue weighted by molar-refractivity contribution is 0.0694. The highest BCUT2D eigenvalue weighted by atomic mass is 32.1. The van der Waals surface area contributed by atoms with Gasteiger partial charge in [0.1, 0.15) is 4.88 Å². The minimum Gasteiger partial charge on any atom is -0.398 e. The van der Waals surface area contributed by atoms with Crippen LogP contribution in [0.25, 0.3) is 0 Å². The number of hydrogen-bond acceptors (Lipinski definition) is 5. The quantitative estimate of drug-likeness (QED) is 0.862. The van der Waals surface area contributed by atoms with Crippen molar-refractivity contribution < 1.29 is 4.79 Å². The fraction of sp³-hybridized carbons (Fsp3) is 0.400. The Morgan fingerprint density at radius 3 is 2.71 bits per heavy atom. The van der Waals surface area contributed by atoms with Gasteiger partial charge in [-0.05, 0) is 43.4 Å². The summed E-state index contributed by atoms with van der Waals surface area (Å²) in [6.07, 6.45) is 0.705. The topological polar surface area (TPSA) is 72.1 Å². The van der Waals surface area contributed by atoms with E-state index in [0.29, 0.717) is 23.5 Å². The summed E-state index contributed by atoms with van der Waals surface area (Å²) in [5.41, 5.74) is 8.40. The predicted molar refractivity (Wildman–Crippen MR) is 85.2 cm³/mol. The number of nitrogens with zero attached hydrogens (tertiary/aromatic N) is 3. The number of nitrogens with two attached hydrogens (primary N) is 1. The first-order chi connectivity index (χ1) is 10.0. The summed E-state index contributed by atoms with van der Waals surface area (Å²) >= 11 is 1.16. The maximum atomic E-state index is 12.8. The molecule has 0 aliphatic carbocycles. The number of benzene rings is 1. The second kappa shape index (κ2) is 6.67.